The first-order chi connectivity index (χ1) is 11.7. The maximum atomic E-state index is 5.06. The monoisotopic (exact) mass is 342 g/mol. The number of aromatic nitrogens is 2. The highest BCUT2D eigenvalue weighted by Crippen LogP contribution is 2.28. The van der Waals surface area contributed by atoms with Gasteiger partial charge in [-0.25, -0.2) is 4.68 Å². The summed E-state index contributed by atoms with van der Waals surface area (Å²) in [5.74, 6) is 1.09. The van der Waals surface area contributed by atoms with Crippen LogP contribution < -0.4 is 15.6 Å². The third-order valence-corrected chi connectivity index (χ3v) is 4.37. The van der Waals surface area contributed by atoms with Gasteiger partial charge in [0.05, 0.1) is 23.2 Å². The minimum Gasteiger partial charge on any atom is -0.364 e. The molecule has 126 valence electrons. The second-order valence-electron chi connectivity index (χ2n) is 5.71. The molecule has 0 amide bonds. The molecule has 0 radical (unpaired) electrons. The van der Waals surface area contributed by atoms with Crippen LogP contribution in [0.3, 0.4) is 0 Å². The fourth-order valence-corrected chi connectivity index (χ4v) is 2.92. The average Bonchev–Trinajstić information content (AvgIpc) is 3.24. The van der Waals surface area contributed by atoms with E-state index in [1.54, 1.807) is 13.3 Å². The molecule has 3 rings (SSSR count). The van der Waals surface area contributed by atoms with Gasteiger partial charge < -0.3 is 10.2 Å². The maximum Gasteiger partial charge on any atom is 0.186 e. The molecule has 1 fully saturated rings. The summed E-state index contributed by atoms with van der Waals surface area (Å²) in [5.41, 5.74) is 5.83. The minimum absolute atomic E-state index is 0.488. The van der Waals surface area contributed by atoms with Crippen molar-refractivity contribution in [3.63, 3.8) is 0 Å². The molecule has 6 nitrogen and oxygen atoms in total. The lowest BCUT2D eigenvalue weighted by molar-refractivity contribution is 0.815. The van der Waals surface area contributed by atoms with Crippen LogP contribution in [0.5, 0.6) is 0 Å². The van der Waals surface area contributed by atoms with E-state index in [1.807, 2.05) is 29.8 Å². The lowest BCUT2D eigenvalue weighted by Gasteiger charge is -2.20. The van der Waals surface area contributed by atoms with Gasteiger partial charge in [-0.1, -0.05) is 18.2 Å². The first-order valence-electron chi connectivity index (χ1n) is 8.11. The van der Waals surface area contributed by atoms with E-state index in [9.17, 15) is 0 Å². The molecule has 0 spiro atoms. The molecular weight excluding hydrogens is 320 g/mol. The molecule has 1 aromatic carbocycles. The SMILES string of the molecule is CNC(=S)N/N=C\c1c(C)nn(-c2ccccc2)c1N1CCCC1. The van der Waals surface area contributed by atoms with Gasteiger partial charge in [0, 0.05) is 20.1 Å². The van der Waals surface area contributed by atoms with Crippen molar-refractivity contribution >= 4 is 29.4 Å². The molecule has 2 aromatic rings. The molecule has 1 aliphatic heterocycles. The van der Waals surface area contributed by atoms with E-state index < -0.39 is 0 Å². The Balaban J connectivity index is 2.01. The number of benzene rings is 1. The summed E-state index contributed by atoms with van der Waals surface area (Å²) >= 11 is 5.06. The Bertz CT molecular complexity index is 731. The van der Waals surface area contributed by atoms with Gasteiger partial charge in [-0.3, -0.25) is 5.43 Å². The summed E-state index contributed by atoms with van der Waals surface area (Å²) in [5, 5.41) is 12.3. The van der Waals surface area contributed by atoms with Gasteiger partial charge in [0.1, 0.15) is 5.82 Å². The van der Waals surface area contributed by atoms with Crippen molar-refractivity contribution < 1.29 is 0 Å². The summed E-state index contributed by atoms with van der Waals surface area (Å²) in [7, 11) is 1.76. The lowest BCUT2D eigenvalue weighted by Crippen LogP contribution is -2.28. The number of hydrazone groups is 1. The minimum atomic E-state index is 0.488. The molecule has 1 aromatic heterocycles. The number of thiocarbonyl (C=S) groups is 1. The van der Waals surface area contributed by atoms with E-state index in [-0.39, 0.29) is 0 Å². The molecule has 0 unspecified atom stereocenters. The Morgan fingerprint density at radius 1 is 1.25 bits per heavy atom. The van der Waals surface area contributed by atoms with Crippen molar-refractivity contribution in [2.24, 2.45) is 5.10 Å². The molecule has 0 saturated carbocycles. The maximum absolute atomic E-state index is 5.06. The average molecular weight is 342 g/mol. The van der Waals surface area contributed by atoms with E-state index >= 15 is 0 Å². The summed E-state index contributed by atoms with van der Waals surface area (Å²) in [6, 6.07) is 10.2. The molecule has 7 heteroatoms. The van der Waals surface area contributed by atoms with Crippen molar-refractivity contribution in [2.75, 3.05) is 25.0 Å². The molecule has 0 atom stereocenters. The first-order valence-corrected chi connectivity index (χ1v) is 8.52. The Morgan fingerprint density at radius 2 is 1.96 bits per heavy atom. The van der Waals surface area contributed by atoms with E-state index in [0.717, 1.165) is 35.9 Å². The number of nitrogens with one attached hydrogen (secondary N) is 2. The summed E-state index contributed by atoms with van der Waals surface area (Å²) in [6.45, 7) is 4.10. The zero-order chi connectivity index (χ0) is 16.9. The number of hydrogen-bond donors (Lipinski definition) is 2. The number of nitrogens with zero attached hydrogens (tertiary/aromatic N) is 4. The molecule has 24 heavy (non-hydrogen) atoms. The molecule has 1 saturated heterocycles. The third kappa shape index (κ3) is 3.41. The quantitative estimate of drug-likeness (QED) is 0.507. The molecule has 2 N–H and O–H groups in total. The summed E-state index contributed by atoms with van der Waals surface area (Å²) in [4.78, 5) is 2.38. The fraction of sp³-hybridized carbons (Fsp3) is 0.353. The fourth-order valence-electron chi connectivity index (χ4n) is 2.87. The second kappa shape index (κ2) is 7.44. The summed E-state index contributed by atoms with van der Waals surface area (Å²) < 4.78 is 2.01. The van der Waals surface area contributed by atoms with Crippen molar-refractivity contribution in [3.05, 3.63) is 41.6 Å². The Hall–Kier alpha value is -2.41. The highest BCUT2D eigenvalue weighted by Gasteiger charge is 2.23. The Morgan fingerprint density at radius 3 is 2.62 bits per heavy atom. The van der Waals surface area contributed by atoms with Crippen LogP contribution in [-0.4, -0.2) is 41.2 Å². The third-order valence-electron chi connectivity index (χ3n) is 4.07. The largest absolute Gasteiger partial charge is 0.364 e. The zero-order valence-corrected chi connectivity index (χ0v) is 14.8. The number of rotatable bonds is 4. The van der Waals surface area contributed by atoms with Crippen LogP contribution in [0, 0.1) is 6.92 Å². The molecule has 0 bridgehead atoms. The number of hydrogen-bond acceptors (Lipinski definition) is 4. The van der Waals surface area contributed by atoms with Crippen LogP contribution in [0.25, 0.3) is 5.69 Å². The predicted octanol–water partition coefficient (Wildman–Crippen LogP) is 2.21. The van der Waals surface area contributed by atoms with Crippen LogP contribution >= 0.6 is 12.2 Å². The molecule has 1 aliphatic rings. The topological polar surface area (TPSA) is 57.5 Å². The standard InChI is InChI=1S/C17H22N6S/c1-13-15(12-19-20-17(24)18-2)16(22-10-6-7-11-22)23(21-13)14-8-4-3-5-9-14/h3-5,8-9,12H,6-7,10-11H2,1-2H3,(H2,18,20,24)/b19-12-. The Labute approximate surface area is 147 Å². The number of anilines is 1. The number of para-hydroxylation sites is 1. The van der Waals surface area contributed by atoms with Gasteiger partial charge in [-0.15, -0.1) is 0 Å². The van der Waals surface area contributed by atoms with Crippen LogP contribution in [0.15, 0.2) is 35.4 Å². The van der Waals surface area contributed by atoms with Crippen molar-refractivity contribution in [3.8, 4) is 5.69 Å². The molecular formula is C17H22N6S. The molecule has 2 heterocycles. The van der Waals surface area contributed by atoms with Crippen molar-refractivity contribution in [1.82, 2.24) is 20.5 Å². The van der Waals surface area contributed by atoms with Crippen LogP contribution in [0.4, 0.5) is 5.82 Å². The van der Waals surface area contributed by atoms with Crippen LogP contribution in [0.2, 0.25) is 0 Å². The first kappa shape index (κ1) is 16.4. The zero-order valence-electron chi connectivity index (χ0n) is 14.0. The van der Waals surface area contributed by atoms with Crippen LogP contribution in [-0.2, 0) is 0 Å². The van der Waals surface area contributed by atoms with E-state index in [2.05, 4.69) is 32.9 Å². The molecule has 0 aliphatic carbocycles. The van der Waals surface area contributed by atoms with Gasteiger partial charge in [0.25, 0.3) is 0 Å². The highest BCUT2D eigenvalue weighted by molar-refractivity contribution is 7.80. The van der Waals surface area contributed by atoms with Gasteiger partial charge >= 0.3 is 0 Å². The van der Waals surface area contributed by atoms with Gasteiger partial charge in [-0.2, -0.15) is 10.2 Å². The van der Waals surface area contributed by atoms with E-state index in [0.29, 0.717) is 5.11 Å². The number of aryl methyl sites for hydroxylation is 1. The van der Waals surface area contributed by atoms with Crippen molar-refractivity contribution in [2.45, 2.75) is 19.8 Å². The van der Waals surface area contributed by atoms with Crippen molar-refractivity contribution in [1.29, 1.82) is 0 Å². The van der Waals surface area contributed by atoms with Crippen LogP contribution in [0.1, 0.15) is 24.1 Å². The second-order valence-corrected chi connectivity index (χ2v) is 6.12. The normalized spacial score (nSPS) is 14.3. The smallest absolute Gasteiger partial charge is 0.186 e. The lowest BCUT2D eigenvalue weighted by atomic mass is 10.2. The van der Waals surface area contributed by atoms with Gasteiger partial charge in [0.2, 0.25) is 0 Å². The Kier molecular flexibility index (Phi) is 5.10. The predicted molar refractivity (Wildman–Crippen MR) is 102 cm³/mol. The summed E-state index contributed by atoms with van der Waals surface area (Å²) in [6.07, 6.45) is 4.22. The van der Waals surface area contributed by atoms with Gasteiger partial charge in [0.15, 0.2) is 5.11 Å². The van der Waals surface area contributed by atoms with Gasteiger partial charge in [-0.05, 0) is 44.1 Å². The van der Waals surface area contributed by atoms with E-state index in [4.69, 9.17) is 17.3 Å². The van der Waals surface area contributed by atoms with E-state index in [1.165, 1.54) is 12.8 Å². The highest BCUT2D eigenvalue weighted by atomic mass is 32.1.